The molecule has 0 saturated heterocycles. The first-order valence-electron chi connectivity index (χ1n) is 6.00. The normalized spacial score (nSPS) is 10.2. The summed E-state index contributed by atoms with van der Waals surface area (Å²) in [6, 6.07) is 8.02. The number of carbonyl (C=O) groups is 1. The van der Waals surface area contributed by atoms with Crippen molar-refractivity contribution in [2.45, 2.75) is 6.92 Å². The van der Waals surface area contributed by atoms with E-state index in [9.17, 15) is 19.3 Å². The lowest BCUT2D eigenvalue weighted by molar-refractivity contribution is -0.387. The Morgan fingerprint density at radius 2 is 2.05 bits per heavy atom. The number of amides is 1. The van der Waals surface area contributed by atoms with Crippen molar-refractivity contribution in [3.05, 3.63) is 63.5 Å². The molecule has 0 heterocycles. The third-order valence-electron chi connectivity index (χ3n) is 3.02. The van der Waals surface area contributed by atoms with Gasteiger partial charge in [0, 0.05) is 23.0 Å². The van der Waals surface area contributed by atoms with E-state index in [1.54, 1.807) is 25.1 Å². The number of nitro groups is 1. The molecule has 0 radical (unpaired) electrons. The molecule has 2 rings (SSSR count). The van der Waals surface area contributed by atoms with Gasteiger partial charge >= 0.3 is 5.69 Å². The Balaban J connectivity index is 2.30. The summed E-state index contributed by atoms with van der Waals surface area (Å²) in [5.74, 6) is -1.43. The number of hydrogen-bond donors (Lipinski definition) is 2. The second-order valence-corrected chi connectivity index (χ2v) is 4.40. The Morgan fingerprint density at radius 1 is 1.33 bits per heavy atom. The molecule has 0 aromatic heterocycles. The molecule has 2 aromatic carbocycles. The smallest absolute Gasteiger partial charge is 0.306 e. The van der Waals surface area contributed by atoms with Crippen LogP contribution in [0.4, 0.5) is 21.5 Å². The van der Waals surface area contributed by atoms with E-state index < -0.39 is 22.3 Å². The van der Waals surface area contributed by atoms with Gasteiger partial charge in [0.1, 0.15) is 0 Å². The van der Waals surface area contributed by atoms with Gasteiger partial charge in [-0.1, -0.05) is 6.07 Å². The van der Waals surface area contributed by atoms with Crippen molar-refractivity contribution in [1.82, 2.24) is 0 Å². The minimum atomic E-state index is -0.960. The van der Waals surface area contributed by atoms with Crippen molar-refractivity contribution in [2.24, 2.45) is 0 Å². The molecule has 0 atom stereocenters. The first kappa shape index (κ1) is 14.4. The van der Waals surface area contributed by atoms with E-state index in [1.165, 1.54) is 6.07 Å². The highest BCUT2D eigenvalue weighted by Gasteiger charge is 2.16. The second-order valence-electron chi connectivity index (χ2n) is 4.40. The van der Waals surface area contributed by atoms with Crippen LogP contribution < -0.4 is 11.1 Å². The topological polar surface area (TPSA) is 98.3 Å². The summed E-state index contributed by atoms with van der Waals surface area (Å²) in [7, 11) is 0. The number of benzene rings is 2. The summed E-state index contributed by atoms with van der Waals surface area (Å²) in [5.41, 5.74) is 6.57. The van der Waals surface area contributed by atoms with Crippen molar-refractivity contribution in [1.29, 1.82) is 0 Å². The summed E-state index contributed by atoms with van der Waals surface area (Å²) in [4.78, 5) is 21.9. The number of nitrogens with one attached hydrogen (secondary N) is 1. The first-order valence-corrected chi connectivity index (χ1v) is 6.00. The van der Waals surface area contributed by atoms with Crippen molar-refractivity contribution in [3.63, 3.8) is 0 Å². The van der Waals surface area contributed by atoms with E-state index in [0.717, 1.165) is 12.1 Å². The number of hydrogen-bond acceptors (Lipinski definition) is 4. The lowest BCUT2D eigenvalue weighted by Gasteiger charge is -2.09. The van der Waals surface area contributed by atoms with E-state index in [1.807, 2.05) is 0 Å². The fourth-order valence-electron chi connectivity index (χ4n) is 1.83. The summed E-state index contributed by atoms with van der Waals surface area (Å²) in [6.07, 6.45) is 0. The molecule has 0 aliphatic heterocycles. The van der Waals surface area contributed by atoms with Crippen molar-refractivity contribution >= 4 is 23.0 Å². The van der Waals surface area contributed by atoms with E-state index in [2.05, 4.69) is 5.32 Å². The summed E-state index contributed by atoms with van der Waals surface area (Å²) in [6.45, 7) is 1.69. The van der Waals surface area contributed by atoms with Gasteiger partial charge in [-0.15, -0.1) is 0 Å². The van der Waals surface area contributed by atoms with Crippen molar-refractivity contribution in [3.8, 4) is 0 Å². The lowest BCUT2D eigenvalue weighted by Crippen LogP contribution is -2.14. The molecule has 6 nitrogen and oxygen atoms in total. The highest BCUT2D eigenvalue weighted by molar-refractivity contribution is 6.06. The molecular formula is C14H12FN3O3. The molecule has 7 heteroatoms. The predicted molar refractivity (Wildman–Crippen MR) is 76.6 cm³/mol. The third-order valence-corrected chi connectivity index (χ3v) is 3.02. The van der Waals surface area contributed by atoms with Crippen LogP contribution in [0.1, 0.15) is 15.9 Å². The van der Waals surface area contributed by atoms with Crippen LogP contribution in [0.25, 0.3) is 0 Å². The quantitative estimate of drug-likeness (QED) is 0.515. The number of nitrogens with zero attached hydrogens (tertiary/aromatic N) is 1. The van der Waals surface area contributed by atoms with Gasteiger partial charge in [0.15, 0.2) is 0 Å². The van der Waals surface area contributed by atoms with E-state index >= 15 is 0 Å². The second kappa shape index (κ2) is 5.58. The zero-order chi connectivity index (χ0) is 15.6. The zero-order valence-electron chi connectivity index (χ0n) is 11.1. The Morgan fingerprint density at radius 3 is 2.71 bits per heavy atom. The number of nitrogen functional groups attached to an aromatic ring is 1. The fourth-order valence-corrected chi connectivity index (χ4v) is 1.83. The maximum Gasteiger partial charge on any atom is 0.306 e. The Kier molecular flexibility index (Phi) is 3.84. The number of anilines is 2. The average Bonchev–Trinajstić information content (AvgIpc) is 2.43. The van der Waals surface area contributed by atoms with Gasteiger partial charge in [0.2, 0.25) is 5.82 Å². The van der Waals surface area contributed by atoms with Crippen LogP contribution in [0.3, 0.4) is 0 Å². The minimum Gasteiger partial charge on any atom is -0.398 e. The van der Waals surface area contributed by atoms with E-state index in [0.29, 0.717) is 16.8 Å². The fraction of sp³-hybridized carbons (Fsp3) is 0.0714. The molecule has 2 aromatic rings. The van der Waals surface area contributed by atoms with Crippen LogP contribution in [0, 0.1) is 22.9 Å². The number of carbonyl (C=O) groups excluding carboxylic acids is 1. The largest absolute Gasteiger partial charge is 0.398 e. The molecule has 21 heavy (non-hydrogen) atoms. The highest BCUT2D eigenvalue weighted by Crippen LogP contribution is 2.23. The SMILES string of the molecule is Cc1c(N)cccc1C(=O)Nc1ccc(F)c([N+](=O)[O-])c1. The zero-order valence-corrected chi connectivity index (χ0v) is 11.1. The number of halogens is 1. The first-order chi connectivity index (χ1) is 9.90. The lowest BCUT2D eigenvalue weighted by atomic mass is 10.1. The Labute approximate surface area is 119 Å². The van der Waals surface area contributed by atoms with Gasteiger partial charge in [-0.2, -0.15) is 4.39 Å². The van der Waals surface area contributed by atoms with Crippen LogP contribution in [0.15, 0.2) is 36.4 Å². The third kappa shape index (κ3) is 2.97. The van der Waals surface area contributed by atoms with Gasteiger partial charge in [0.25, 0.3) is 5.91 Å². The molecule has 108 valence electrons. The van der Waals surface area contributed by atoms with Gasteiger partial charge in [-0.05, 0) is 36.8 Å². The number of nitro benzene ring substituents is 1. The molecule has 0 fully saturated rings. The molecule has 0 bridgehead atoms. The van der Waals surface area contributed by atoms with Crippen LogP contribution >= 0.6 is 0 Å². The molecule has 0 unspecified atom stereocenters. The number of rotatable bonds is 3. The van der Waals surface area contributed by atoms with E-state index in [4.69, 9.17) is 5.73 Å². The monoisotopic (exact) mass is 289 g/mol. The Hall–Kier alpha value is -2.96. The van der Waals surface area contributed by atoms with Gasteiger partial charge in [-0.3, -0.25) is 14.9 Å². The summed E-state index contributed by atoms with van der Waals surface area (Å²) < 4.78 is 13.2. The predicted octanol–water partition coefficient (Wildman–Crippen LogP) is 2.88. The van der Waals surface area contributed by atoms with Crippen LogP contribution in [0.5, 0.6) is 0 Å². The van der Waals surface area contributed by atoms with Crippen molar-refractivity contribution in [2.75, 3.05) is 11.1 Å². The summed E-state index contributed by atoms with van der Waals surface area (Å²) >= 11 is 0. The Bertz CT molecular complexity index is 731. The van der Waals surface area contributed by atoms with E-state index in [-0.39, 0.29) is 5.69 Å². The van der Waals surface area contributed by atoms with Gasteiger partial charge < -0.3 is 11.1 Å². The summed E-state index contributed by atoms with van der Waals surface area (Å²) in [5, 5.41) is 13.1. The maximum atomic E-state index is 13.2. The molecule has 0 aliphatic carbocycles. The van der Waals surface area contributed by atoms with Gasteiger partial charge in [0.05, 0.1) is 4.92 Å². The molecule has 1 amide bonds. The van der Waals surface area contributed by atoms with Gasteiger partial charge in [-0.25, -0.2) is 0 Å². The molecule has 0 aliphatic rings. The molecule has 0 saturated carbocycles. The average molecular weight is 289 g/mol. The molecular weight excluding hydrogens is 277 g/mol. The number of nitrogens with two attached hydrogens (primary N) is 1. The van der Waals surface area contributed by atoms with Crippen LogP contribution in [-0.4, -0.2) is 10.8 Å². The highest BCUT2D eigenvalue weighted by atomic mass is 19.1. The maximum absolute atomic E-state index is 13.2. The van der Waals surface area contributed by atoms with Crippen LogP contribution in [0.2, 0.25) is 0 Å². The minimum absolute atomic E-state index is 0.134. The van der Waals surface area contributed by atoms with Crippen LogP contribution in [-0.2, 0) is 0 Å². The van der Waals surface area contributed by atoms with Crippen molar-refractivity contribution < 1.29 is 14.1 Å². The molecule has 0 spiro atoms. The standard InChI is InChI=1S/C14H12FN3O3/c1-8-10(3-2-4-12(8)16)14(19)17-9-5-6-11(15)13(7-9)18(20)21/h2-7H,16H2,1H3,(H,17,19). The molecule has 3 N–H and O–H groups in total.